The van der Waals surface area contributed by atoms with Crippen LogP contribution in [-0.2, 0) is 14.3 Å². The summed E-state index contributed by atoms with van der Waals surface area (Å²) < 4.78 is 4.65. The van der Waals surface area contributed by atoms with Crippen molar-refractivity contribution in [3.63, 3.8) is 0 Å². The predicted octanol–water partition coefficient (Wildman–Crippen LogP) is 0.286. The van der Waals surface area contributed by atoms with Gasteiger partial charge in [0.15, 0.2) is 6.10 Å². The van der Waals surface area contributed by atoms with Gasteiger partial charge in [-0.15, -0.1) is 0 Å². The Morgan fingerprint density at radius 3 is 2.38 bits per heavy atom. The van der Waals surface area contributed by atoms with Crippen molar-refractivity contribution in [2.75, 3.05) is 20.2 Å². The highest BCUT2D eigenvalue weighted by atomic mass is 35.5. The van der Waals surface area contributed by atoms with Gasteiger partial charge in [0.1, 0.15) is 0 Å². The maximum absolute atomic E-state index is 11.7. The first-order valence-corrected chi connectivity index (χ1v) is 6.38. The van der Waals surface area contributed by atoms with Crippen LogP contribution in [0, 0.1) is 0 Å². The number of rotatable bonds is 7. The highest BCUT2D eigenvalue weighted by Crippen LogP contribution is 2.09. The van der Waals surface area contributed by atoms with Crippen LogP contribution in [0.15, 0.2) is 24.3 Å². The standard InChI is InChI=1S/C13H15ClN2O5/c1-21-10(13(19)20)6-15-11(17)7-16-12(18)8-2-4-9(14)5-3-8/h2-5,10H,6-7H2,1H3,(H,15,17)(H,16,18)(H,19,20). The summed E-state index contributed by atoms with van der Waals surface area (Å²) in [7, 11) is 1.23. The van der Waals surface area contributed by atoms with Crippen LogP contribution in [0.1, 0.15) is 10.4 Å². The molecule has 1 rings (SSSR count). The molecule has 114 valence electrons. The second-order valence-corrected chi connectivity index (χ2v) is 4.49. The number of methoxy groups -OCH3 is 1. The second kappa shape index (κ2) is 8.23. The van der Waals surface area contributed by atoms with Crippen molar-refractivity contribution in [3.8, 4) is 0 Å². The summed E-state index contributed by atoms with van der Waals surface area (Å²) in [6.07, 6.45) is -1.12. The van der Waals surface area contributed by atoms with E-state index in [0.717, 1.165) is 0 Å². The fourth-order valence-corrected chi connectivity index (χ4v) is 1.53. The van der Waals surface area contributed by atoms with Crippen LogP contribution in [0.5, 0.6) is 0 Å². The average Bonchev–Trinajstić information content (AvgIpc) is 2.45. The Hall–Kier alpha value is -2.12. The van der Waals surface area contributed by atoms with E-state index in [9.17, 15) is 14.4 Å². The smallest absolute Gasteiger partial charge is 0.334 e. The Labute approximate surface area is 126 Å². The maximum atomic E-state index is 11.7. The number of aliphatic carboxylic acids is 1. The van der Waals surface area contributed by atoms with Gasteiger partial charge in [-0.3, -0.25) is 9.59 Å². The van der Waals surface area contributed by atoms with E-state index >= 15 is 0 Å². The molecule has 0 aliphatic carbocycles. The van der Waals surface area contributed by atoms with Crippen molar-refractivity contribution < 1.29 is 24.2 Å². The lowest BCUT2D eigenvalue weighted by Crippen LogP contribution is -2.42. The largest absolute Gasteiger partial charge is 0.479 e. The van der Waals surface area contributed by atoms with Crippen LogP contribution < -0.4 is 10.6 Å². The average molecular weight is 315 g/mol. The lowest BCUT2D eigenvalue weighted by atomic mass is 10.2. The number of carboxylic acids is 1. The minimum atomic E-state index is -1.18. The molecule has 1 atom stereocenters. The lowest BCUT2D eigenvalue weighted by molar-refractivity contribution is -0.148. The molecule has 0 radical (unpaired) electrons. The van der Waals surface area contributed by atoms with Gasteiger partial charge < -0.3 is 20.5 Å². The Kier molecular flexibility index (Phi) is 6.64. The van der Waals surface area contributed by atoms with Gasteiger partial charge in [0, 0.05) is 17.7 Å². The Morgan fingerprint density at radius 1 is 1.24 bits per heavy atom. The molecule has 1 aromatic rings. The van der Waals surface area contributed by atoms with E-state index in [2.05, 4.69) is 15.4 Å². The van der Waals surface area contributed by atoms with Crippen molar-refractivity contribution >= 4 is 29.4 Å². The molecular formula is C13H15ClN2O5. The van der Waals surface area contributed by atoms with Crippen LogP contribution in [0.25, 0.3) is 0 Å². The molecule has 2 amide bonds. The second-order valence-electron chi connectivity index (χ2n) is 4.06. The quantitative estimate of drug-likeness (QED) is 0.671. The van der Waals surface area contributed by atoms with Gasteiger partial charge in [0.25, 0.3) is 5.91 Å². The molecule has 8 heteroatoms. The maximum Gasteiger partial charge on any atom is 0.334 e. The summed E-state index contributed by atoms with van der Waals surface area (Å²) in [4.78, 5) is 33.9. The number of hydrogen-bond acceptors (Lipinski definition) is 4. The first kappa shape index (κ1) is 16.9. The van der Waals surface area contributed by atoms with E-state index in [1.54, 1.807) is 12.1 Å². The molecule has 0 fully saturated rings. The lowest BCUT2D eigenvalue weighted by Gasteiger charge is -2.11. The number of carbonyl (C=O) groups excluding carboxylic acids is 2. The van der Waals surface area contributed by atoms with E-state index < -0.39 is 23.9 Å². The molecule has 0 saturated heterocycles. The van der Waals surface area contributed by atoms with Crippen molar-refractivity contribution in [2.45, 2.75) is 6.10 Å². The molecule has 3 N–H and O–H groups in total. The molecule has 7 nitrogen and oxygen atoms in total. The molecule has 1 aromatic carbocycles. The molecule has 21 heavy (non-hydrogen) atoms. The molecule has 0 bridgehead atoms. The number of carbonyl (C=O) groups is 3. The molecule has 0 spiro atoms. The highest BCUT2D eigenvalue weighted by molar-refractivity contribution is 6.30. The SMILES string of the molecule is COC(CNC(=O)CNC(=O)c1ccc(Cl)cc1)C(=O)O. The zero-order valence-electron chi connectivity index (χ0n) is 11.3. The summed E-state index contributed by atoms with van der Waals surface area (Å²) in [5.41, 5.74) is 0.368. The first-order valence-electron chi connectivity index (χ1n) is 6.00. The summed E-state index contributed by atoms with van der Waals surface area (Å²) in [5.74, 6) is -2.12. The first-order chi connectivity index (χ1) is 9.93. The number of benzene rings is 1. The van der Waals surface area contributed by atoms with Crippen molar-refractivity contribution in [3.05, 3.63) is 34.9 Å². The number of nitrogens with one attached hydrogen (secondary N) is 2. The van der Waals surface area contributed by atoms with Crippen LogP contribution in [0.4, 0.5) is 0 Å². The predicted molar refractivity (Wildman–Crippen MR) is 75.2 cm³/mol. The molecule has 0 heterocycles. The van der Waals surface area contributed by atoms with Gasteiger partial charge >= 0.3 is 5.97 Å². The minimum Gasteiger partial charge on any atom is -0.479 e. The number of amides is 2. The van der Waals surface area contributed by atoms with Crippen LogP contribution in [0.2, 0.25) is 5.02 Å². The summed E-state index contributed by atoms with van der Waals surface area (Å²) in [6, 6.07) is 6.18. The van der Waals surface area contributed by atoms with E-state index in [-0.39, 0.29) is 13.1 Å². The van der Waals surface area contributed by atoms with Gasteiger partial charge in [-0.25, -0.2) is 4.79 Å². The van der Waals surface area contributed by atoms with Gasteiger partial charge in [-0.1, -0.05) is 11.6 Å². The zero-order chi connectivity index (χ0) is 15.8. The summed E-state index contributed by atoms with van der Waals surface area (Å²) >= 11 is 5.70. The molecule has 0 saturated carbocycles. The molecule has 0 aromatic heterocycles. The topological polar surface area (TPSA) is 105 Å². The minimum absolute atomic E-state index is 0.179. The van der Waals surface area contributed by atoms with E-state index in [1.807, 2.05) is 0 Å². The molecule has 1 unspecified atom stereocenters. The number of carboxylic acid groups (broad SMARTS) is 1. The third-order valence-electron chi connectivity index (χ3n) is 2.56. The Balaban J connectivity index is 2.37. The fraction of sp³-hybridized carbons (Fsp3) is 0.308. The third kappa shape index (κ3) is 5.80. The number of hydrogen-bond donors (Lipinski definition) is 3. The highest BCUT2D eigenvalue weighted by Gasteiger charge is 2.17. The normalized spacial score (nSPS) is 11.5. The number of ether oxygens (including phenoxy) is 1. The van der Waals surface area contributed by atoms with Gasteiger partial charge in [0.05, 0.1) is 13.1 Å². The van der Waals surface area contributed by atoms with Gasteiger partial charge in [-0.05, 0) is 24.3 Å². The molecule has 0 aliphatic rings. The molecular weight excluding hydrogens is 300 g/mol. The van der Waals surface area contributed by atoms with Crippen molar-refractivity contribution in [1.82, 2.24) is 10.6 Å². The van der Waals surface area contributed by atoms with E-state index in [1.165, 1.54) is 19.2 Å². The van der Waals surface area contributed by atoms with Gasteiger partial charge in [0.2, 0.25) is 5.91 Å². The summed E-state index contributed by atoms with van der Waals surface area (Å²) in [6.45, 7) is -0.445. The van der Waals surface area contributed by atoms with Crippen molar-refractivity contribution in [2.24, 2.45) is 0 Å². The van der Waals surface area contributed by atoms with Crippen molar-refractivity contribution in [1.29, 1.82) is 0 Å². The fourth-order valence-electron chi connectivity index (χ4n) is 1.40. The van der Waals surface area contributed by atoms with E-state index in [0.29, 0.717) is 10.6 Å². The van der Waals surface area contributed by atoms with E-state index in [4.69, 9.17) is 16.7 Å². The monoisotopic (exact) mass is 314 g/mol. The number of halogens is 1. The van der Waals surface area contributed by atoms with Crippen LogP contribution in [-0.4, -0.2) is 49.2 Å². The Morgan fingerprint density at radius 2 is 1.86 bits per heavy atom. The Bertz CT molecular complexity index is 518. The molecule has 0 aliphatic heterocycles. The summed E-state index contributed by atoms with van der Waals surface area (Å²) in [5, 5.41) is 14.0. The third-order valence-corrected chi connectivity index (χ3v) is 2.81. The zero-order valence-corrected chi connectivity index (χ0v) is 12.0. The van der Waals surface area contributed by atoms with Gasteiger partial charge in [-0.2, -0.15) is 0 Å². The van der Waals surface area contributed by atoms with Crippen LogP contribution >= 0.6 is 11.6 Å². The van der Waals surface area contributed by atoms with Crippen LogP contribution in [0.3, 0.4) is 0 Å².